The standard InChI is InChI=1S/C14H16N2/c1-11-4-6-12(7-5-11)9-14(15)13-3-2-8-16-10-13/h2-8,10,14H,9,15H2,1H3. The number of hydrogen-bond donors (Lipinski definition) is 1. The van der Waals surface area contributed by atoms with Crippen molar-refractivity contribution < 1.29 is 0 Å². The zero-order valence-corrected chi connectivity index (χ0v) is 9.43. The van der Waals surface area contributed by atoms with Crippen molar-refractivity contribution in [2.24, 2.45) is 5.73 Å². The van der Waals surface area contributed by atoms with Crippen molar-refractivity contribution in [3.63, 3.8) is 0 Å². The van der Waals surface area contributed by atoms with E-state index in [1.54, 1.807) is 6.20 Å². The van der Waals surface area contributed by atoms with E-state index in [2.05, 4.69) is 36.2 Å². The van der Waals surface area contributed by atoms with Gasteiger partial charge in [-0.15, -0.1) is 0 Å². The van der Waals surface area contributed by atoms with Crippen LogP contribution in [0.25, 0.3) is 0 Å². The van der Waals surface area contributed by atoms with Crippen LogP contribution in [0.4, 0.5) is 0 Å². The molecule has 0 aliphatic rings. The maximum Gasteiger partial charge on any atom is 0.0351 e. The second-order valence-corrected chi connectivity index (χ2v) is 4.08. The Kier molecular flexibility index (Phi) is 3.32. The highest BCUT2D eigenvalue weighted by Crippen LogP contribution is 2.15. The van der Waals surface area contributed by atoms with E-state index < -0.39 is 0 Å². The molecule has 1 aromatic heterocycles. The molecule has 82 valence electrons. The summed E-state index contributed by atoms with van der Waals surface area (Å²) in [5.74, 6) is 0. The van der Waals surface area contributed by atoms with Crippen molar-refractivity contribution in [2.75, 3.05) is 0 Å². The topological polar surface area (TPSA) is 38.9 Å². The molecule has 2 rings (SSSR count). The Bertz CT molecular complexity index is 434. The minimum Gasteiger partial charge on any atom is -0.324 e. The molecule has 2 heteroatoms. The molecule has 1 heterocycles. The van der Waals surface area contributed by atoms with Gasteiger partial charge in [-0.2, -0.15) is 0 Å². The molecule has 1 atom stereocenters. The van der Waals surface area contributed by atoms with Crippen LogP contribution in [-0.4, -0.2) is 4.98 Å². The van der Waals surface area contributed by atoms with Crippen molar-refractivity contribution in [1.82, 2.24) is 4.98 Å². The molecule has 0 radical (unpaired) electrons. The third-order valence-electron chi connectivity index (χ3n) is 2.69. The zero-order chi connectivity index (χ0) is 11.4. The van der Waals surface area contributed by atoms with E-state index in [0.29, 0.717) is 0 Å². The molecule has 0 saturated heterocycles. The van der Waals surface area contributed by atoms with Crippen LogP contribution in [0, 0.1) is 6.92 Å². The number of hydrogen-bond acceptors (Lipinski definition) is 2. The monoisotopic (exact) mass is 212 g/mol. The lowest BCUT2D eigenvalue weighted by molar-refractivity contribution is 0.718. The maximum absolute atomic E-state index is 6.13. The van der Waals surface area contributed by atoms with Crippen LogP contribution in [0.2, 0.25) is 0 Å². The first-order valence-electron chi connectivity index (χ1n) is 5.47. The summed E-state index contributed by atoms with van der Waals surface area (Å²) in [4.78, 5) is 4.08. The fourth-order valence-corrected chi connectivity index (χ4v) is 1.69. The molecule has 0 spiro atoms. The van der Waals surface area contributed by atoms with Crippen LogP contribution < -0.4 is 5.73 Å². The third-order valence-corrected chi connectivity index (χ3v) is 2.69. The Morgan fingerprint density at radius 1 is 1.19 bits per heavy atom. The lowest BCUT2D eigenvalue weighted by Gasteiger charge is -2.11. The van der Waals surface area contributed by atoms with E-state index in [9.17, 15) is 0 Å². The van der Waals surface area contributed by atoms with Crippen molar-refractivity contribution in [2.45, 2.75) is 19.4 Å². The minimum atomic E-state index is 0.0245. The number of aryl methyl sites for hydroxylation is 1. The Labute approximate surface area is 96.1 Å². The van der Waals surface area contributed by atoms with Gasteiger partial charge in [0.1, 0.15) is 0 Å². The molecule has 16 heavy (non-hydrogen) atoms. The Morgan fingerprint density at radius 3 is 2.56 bits per heavy atom. The summed E-state index contributed by atoms with van der Waals surface area (Å²) >= 11 is 0. The SMILES string of the molecule is Cc1ccc(CC(N)c2cccnc2)cc1. The molecule has 1 aromatic carbocycles. The number of nitrogens with two attached hydrogens (primary N) is 1. The van der Waals surface area contributed by atoms with Gasteiger partial charge < -0.3 is 5.73 Å². The van der Waals surface area contributed by atoms with Crippen LogP contribution in [-0.2, 0) is 6.42 Å². The first kappa shape index (κ1) is 10.8. The Hall–Kier alpha value is -1.67. The molecule has 0 saturated carbocycles. The number of benzene rings is 1. The fraction of sp³-hybridized carbons (Fsp3) is 0.214. The first-order valence-corrected chi connectivity index (χ1v) is 5.47. The summed E-state index contributed by atoms with van der Waals surface area (Å²) in [5.41, 5.74) is 9.75. The van der Waals surface area contributed by atoms with Crippen molar-refractivity contribution in [3.05, 3.63) is 65.5 Å². The number of pyridine rings is 1. The molecule has 2 nitrogen and oxygen atoms in total. The molecule has 0 aliphatic carbocycles. The molecule has 0 bridgehead atoms. The Balaban J connectivity index is 2.08. The van der Waals surface area contributed by atoms with Gasteiger partial charge in [0, 0.05) is 18.4 Å². The first-order chi connectivity index (χ1) is 7.75. The maximum atomic E-state index is 6.13. The summed E-state index contributed by atoms with van der Waals surface area (Å²) in [6, 6.07) is 12.5. The molecule has 2 aromatic rings. The predicted molar refractivity (Wildman–Crippen MR) is 66.0 cm³/mol. The smallest absolute Gasteiger partial charge is 0.0351 e. The van der Waals surface area contributed by atoms with E-state index in [0.717, 1.165) is 12.0 Å². The Morgan fingerprint density at radius 2 is 1.94 bits per heavy atom. The van der Waals surface area contributed by atoms with E-state index >= 15 is 0 Å². The lowest BCUT2D eigenvalue weighted by atomic mass is 10.0. The summed E-state index contributed by atoms with van der Waals surface area (Å²) in [5, 5.41) is 0. The van der Waals surface area contributed by atoms with Gasteiger partial charge in [-0.3, -0.25) is 4.98 Å². The summed E-state index contributed by atoms with van der Waals surface area (Å²) in [7, 11) is 0. The molecular formula is C14H16N2. The molecule has 1 unspecified atom stereocenters. The van der Waals surface area contributed by atoms with Crippen molar-refractivity contribution in [1.29, 1.82) is 0 Å². The molecule has 0 aliphatic heterocycles. The lowest BCUT2D eigenvalue weighted by Crippen LogP contribution is -2.13. The van der Waals surface area contributed by atoms with Gasteiger partial charge in [-0.25, -0.2) is 0 Å². The number of rotatable bonds is 3. The highest BCUT2D eigenvalue weighted by Gasteiger charge is 2.06. The highest BCUT2D eigenvalue weighted by atomic mass is 14.7. The van der Waals surface area contributed by atoms with E-state index in [4.69, 9.17) is 5.73 Å². The molecular weight excluding hydrogens is 196 g/mol. The van der Waals surface area contributed by atoms with E-state index in [1.165, 1.54) is 11.1 Å². The van der Waals surface area contributed by atoms with E-state index in [-0.39, 0.29) is 6.04 Å². The van der Waals surface area contributed by atoms with Crippen LogP contribution in [0.3, 0.4) is 0 Å². The fourth-order valence-electron chi connectivity index (χ4n) is 1.69. The third kappa shape index (κ3) is 2.67. The van der Waals surface area contributed by atoms with Crippen LogP contribution in [0.15, 0.2) is 48.8 Å². The predicted octanol–water partition coefficient (Wildman–Crippen LogP) is 2.63. The van der Waals surface area contributed by atoms with Gasteiger partial charge >= 0.3 is 0 Å². The quantitative estimate of drug-likeness (QED) is 0.849. The van der Waals surface area contributed by atoms with E-state index in [1.807, 2.05) is 18.3 Å². The minimum absolute atomic E-state index is 0.0245. The average Bonchev–Trinajstić information content (AvgIpc) is 2.33. The largest absolute Gasteiger partial charge is 0.324 e. The van der Waals surface area contributed by atoms with Gasteiger partial charge in [0.15, 0.2) is 0 Å². The van der Waals surface area contributed by atoms with Crippen molar-refractivity contribution in [3.8, 4) is 0 Å². The molecule has 0 fully saturated rings. The van der Waals surface area contributed by atoms with Gasteiger partial charge in [0.05, 0.1) is 0 Å². The van der Waals surface area contributed by atoms with Gasteiger partial charge in [-0.1, -0.05) is 35.9 Å². The van der Waals surface area contributed by atoms with Crippen LogP contribution in [0.1, 0.15) is 22.7 Å². The van der Waals surface area contributed by atoms with Crippen LogP contribution >= 0.6 is 0 Å². The normalized spacial score (nSPS) is 12.4. The second kappa shape index (κ2) is 4.90. The average molecular weight is 212 g/mol. The van der Waals surface area contributed by atoms with Gasteiger partial charge in [0.25, 0.3) is 0 Å². The second-order valence-electron chi connectivity index (χ2n) is 4.08. The number of nitrogens with zero attached hydrogens (tertiary/aromatic N) is 1. The van der Waals surface area contributed by atoms with Crippen LogP contribution in [0.5, 0.6) is 0 Å². The molecule has 0 amide bonds. The summed E-state index contributed by atoms with van der Waals surface area (Å²) < 4.78 is 0. The van der Waals surface area contributed by atoms with Crippen molar-refractivity contribution >= 4 is 0 Å². The summed E-state index contributed by atoms with van der Waals surface area (Å²) in [6.45, 7) is 2.09. The van der Waals surface area contributed by atoms with Gasteiger partial charge in [0.2, 0.25) is 0 Å². The molecule has 2 N–H and O–H groups in total. The zero-order valence-electron chi connectivity index (χ0n) is 9.43. The number of aromatic nitrogens is 1. The summed E-state index contributed by atoms with van der Waals surface area (Å²) in [6.07, 6.45) is 4.45. The van der Waals surface area contributed by atoms with Gasteiger partial charge in [-0.05, 0) is 30.5 Å². The highest BCUT2D eigenvalue weighted by molar-refractivity contribution is 5.24.